The predicted molar refractivity (Wildman–Crippen MR) is 213 cm³/mol. The summed E-state index contributed by atoms with van der Waals surface area (Å²) >= 11 is 0. The molecule has 1 rings (SSSR count). The van der Waals surface area contributed by atoms with Gasteiger partial charge in [0.25, 0.3) is 0 Å². The van der Waals surface area contributed by atoms with Gasteiger partial charge in [-0.15, -0.1) is 0 Å². The number of likely N-dealkylation sites (N-methyl/N-ethyl adjacent to an activating group) is 3. The van der Waals surface area contributed by atoms with Gasteiger partial charge in [0.2, 0.25) is 0 Å². The van der Waals surface area contributed by atoms with Crippen molar-refractivity contribution in [2.75, 3.05) is 115 Å². The summed E-state index contributed by atoms with van der Waals surface area (Å²) in [7, 11) is 10.1. The number of hydrogen-bond acceptors (Lipinski definition) is 13. The van der Waals surface area contributed by atoms with E-state index >= 15 is 0 Å². The normalized spacial score (nSPS) is 11.8. The van der Waals surface area contributed by atoms with Gasteiger partial charge in [-0.3, -0.25) is 14.4 Å². The number of hydrogen-bond donors (Lipinski definition) is 2. The molecule has 0 aromatic rings. The van der Waals surface area contributed by atoms with Crippen molar-refractivity contribution in [1.82, 2.24) is 9.80 Å². The van der Waals surface area contributed by atoms with E-state index in [4.69, 9.17) is 42.5 Å². The summed E-state index contributed by atoms with van der Waals surface area (Å²) in [5.41, 5.74) is 0. The fraction of sp³-hybridized carbons (Fsp3) is 0.917. The lowest BCUT2D eigenvalue weighted by atomic mass is 10.2. The first-order valence-corrected chi connectivity index (χ1v) is 18.4. The highest BCUT2D eigenvalue weighted by Crippen LogP contribution is 2.06. The largest absolute Gasteiger partial charge is 0.748 e. The Hall–Kier alpha value is -1.92. The van der Waals surface area contributed by atoms with Gasteiger partial charge in [-0.05, 0) is 73.1 Å². The molecule has 4 N–H and O–H groups in total. The zero-order valence-electron chi connectivity index (χ0n) is 31.2. The third-order valence-electron chi connectivity index (χ3n) is 5.75. The van der Waals surface area contributed by atoms with Crippen molar-refractivity contribution in [2.45, 2.75) is 107 Å². The molecule has 0 bridgehead atoms. The number of carbonyl (C=O) groups is 3. The SMILES string of the molecule is C.C.C.C.CN(C)CCOC(=O)CCCCCO.CN(C)CC[OH2+].CS(=O)(=O)[O-].C[N+](C)(C)CCOC(=O)CCCCCO.O=C1CCCCCO1. The summed E-state index contributed by atoms with van der Waals surface area (Å²) < 4.78 is 42.9. The van der Waals surface area contributed by atoms with Crippen LogP contribution in [-0.2, 0) is 38.7 Å². The minimum absolute atomic E-state index is 0. The Labute approximate surface area is 320 Å². The number of quaternary nitrogens is 1. The van der Waals surface area contributed by atoms with Crippen LogP contribution in [-0.4, -0.2) is 175 Å². The van der Waals surface area contributed by atoms with Crippen LogP contribution in [0, 0.1) is 0 Å². The number of aliphatic hydroxyl groups excluding tert-OH is 2. The van der Waals surface area contributed by atoms with Crippen LogP contribution >= 0.6 is 0 Å². The van der Waals surface area contributed by atoms with E-state index in [1.165, 1.54) is 0 Å². The quantitative estimate of drug-likeness (QED) is 0.0511. The zero-order valence-corrected chi connectivity index (χ0v) is 32.0. The molecule has 1 fully saturated rings. The second-order valence-electron chi connectivity index (χ2n) is 12.6. The lowest BCUT2D eigenvalue weighted by Gasteiger charge is -2.23. The molecule has 1 aliphatic rings. The molecular weight excluding hydrogens is 698 g/mol. The van der Waals surface area contributed by atoms with E-state index in [1.54, 1.807) is 0 Å². The molecule has 52 heavy (non-hydrogen) atoms. The molecule has 1 aliphatic heterocycles. The molecule has 0 aromatic carbocycles. The molecule has 0 saturated carbocycles. The van der Waals surface area contributed by atoms with Crippen LogP contribution in [0.3, 0.4) is 0 Å². The maximum Gasteiger partial charge on any atom is 0.305 e. The Bertz CT molecular complexity index is 836. The van der Waals surface area contributed by atoms with Crippen LogP contribution in [0.2, 0.25) is 0 Å². The topological polar surface area (TPSA) is 206 Å². The van der Waals surface area contributed by atoms with E-state index in [-0.39, 0.29) is 60.8 Å². The Morgan fingerprint density at radius 2 is 1.21 bits per heavy atom. The second kappa shape index (κ2) is 47.1. The van der Waals surface area contributed by atoms with Crippen LogP contribution in [0.15, 0.2) is 0 Å². The molecule has 0 aliphatic carbocycles. The maximum absolute atomic E-state index is 11.2. The molecule has 0 spiro atoms. The summed E-state index contributed by atoms with van der Waals surface area (Å²) in [6.45, 7) is 4.98. The number of esters is 3. The summed E-state index contributed by atoms with van der Waals surface area (Å²) in [5, 5.41) is 23.7. The monoisotopic (exact) mass is 785 g/mol. The first-order valence-electron chi connectivity index (χ1n) is 16.6. The predicted octanol–water partition coefficient (Wildman–Crippen LogP) is 3.51. The van der Waals surface area contributed by atoms with Crippen molar-refractivity contribution in [3.05, 3.63) is 0 Å². The van der Waals surface area contributed by atoms with Crippen LogP contribution in [0.5, 0.6) is 0 Å². The third kappa shape index (κ3) is 86.6. The van der Waals surface area contributed by atoms with Crippen molar-refractivity contribution >= 4 is 28.0 Å². The van der Waals surface area contributed by atoms with E-state index in [1.807, 2.05) is 38.0 Å². The molecule has 0 atom stereocenters. The first kappa shape index (κ1) is 68.1. The lowest BCUT2D eigenvalue weighted by Crippen LogP contribution is -2.37. The van der Waals surface area contributed by atoms with Gasteiger partial charge in [-0.25, -0.2) is 8.42 Å². The molecule has 0 amide bonds. The van der Waals surface area contributed by atoms with E-state index in [0.29, 0.717) is 51.9 Å². The van der Waals surface area contributed by atoms with Gasteiger partial charge in [-0.1, -0.05) is 42.5 Å². The average Bonchev–Trinajstić information content (AvgIpc) is 3.20. The summed E-state index contributed by atoms with van der Waals surface area (Å²) in [6.07, 6.45) is 10.3. The molecule has 1 heterocycles. The molecular formula is C36H86N3O12S+. The smallest absolute Gasteiger partial charge is 0.305 e. The van der Waals surface area contributed by atoms with Crippen molar-refractivity contribution in [3.8, 4) is 0 Å². The maximum atomic E-state index is 11.2. The van der Waals surface area contributed by atoms with E-state index in [0.717, 1.165) is 81.9 Å². The van der Waals surface area contributed by atoms with Gasteiger partial charge in [0.1, 0.15) is 19.8 Å². The van der Waals surface area contributed by atoms with Crippen molar-refractivity contribution < 1.29 is 61.4 Å². The summed E-state index contributed by atoms with van der Waals surface area (Å²) in [5.74, 6) is -0.284. The van der Waals surface area contributed by atoms with Crippen LogP contribution in [0.4, 0.5) is 0 Å². The van der Waals surface area contributed by atoms with Gasteiger partial charge in [0.05, 0.1) is 44.4 Å². The number of cyclic esters (lactones) is 1. The minimum Gasteiger partial charge on any atom is -0.748 e. The molecule has 1 saturated heterocycles. The number of unbranched alkanes of at least 4 members (excludes halogenated alkanes) is 4. The van der Waals surface area contributed by atoms with Crippen LogP contribution < -0.4 is 0 Å². The average molecular weight is 785 g/mol. The van der Waals surface area contributed by atoms with Crippen LogP contribution in [0.25, 0.3) is 0 Å². The Morgan fingerprint density at radius 1 is 0.788 bits per heavy atom. The zero-order chi connectivity index (χ0) is 37.9. The van der Waals surface area contributed by atoms with Crippen LogP contribution in [0.1, 0.15) is 107 Å². The Kier molecular flexibility index (Phi) is 61.7. The van der Waals surface area contributed by atoms with Gasteiger partial charge in [0.15, 0.2) is 6.61 Å². The van der Waals surface area contributed by atoms with E-state index in [2.05, 4.69) is 21.1 Å². The molecule has 0 unspecified atom stereocenters. The second-order valence-corrected chi connectivity index (χ2v) is 14.0. The van der Waals surface area contributed by atoms with E-state index in [9.17, 15) is 14.4 Å². The van der Waals surface area contributed by atoms with Crippen molar-refractivity contribution in [1.29, 1.82) is 0 Å². The molecule has 16 heteroatoms. The summed E-state index contributed by atoms with van der Waals surface area (Å²) in [6, 6.07) is 0. The van der Waals surface area contributed by atoms with E-state index < -0.39 is 10.1 Å². The number of nitrogens with zero attached hydrogens (tertiary/aromatic N) is 3. The third-order valence-corrected chi connectivity index (χ3v) is 5.75. The van der Waals surface area contributed by atoms with Crippen molar-refractivity contribution in [2.24, 2.45) is 0 Å². The highest BCUT2D eigenvalue weighted by Gasteiger charge is 2.09. The number of rotatable bonds is 18. The van der Waals surface area contributed by atoms with Gasteiger partial charge < -0.3 is 48.4 Å². The highest BCUT2D eigenvalue weighted by molar-refractivity contribution is 7.84. The number of carbonyl (C=O) groups excluding carboxylic acids is 3. The fourth-order valence-corrected chi connectivity index (χ4v) is 3.07. The lowest BCUT2D eigenvalue weighted by molar-refractivity contribution is -0.870. The molecule has 0 radical (unpaired) electrons. The first-order chi connectivity index (χ1) is 22.3. The van der Waals surface area contributed by atoms with Gasteiger partial charge in [0, 0.05) is 45.3 Å². The minimum atomic E-state index is -3.92. The Morgan fingerprint density at radius 3 is 1.56 bits per heavy atom. The molecule has 15 nitrogen and oxygen atoms in total. The summed E-state index contributed by atoms with van der Waals surface area (Å²) in [4.78, 5) is 36.7. The number of aliphatic hydroxyl groups is 2. The van der Waals surface area contributed by atoms with Gasteiger partial charge >= 0.3 is 17.9 Å². The van der Waals surface area contributed by atoms with Gasteiger partial charge in [-0.2, -0.15) is 0 Å². The Balaban J connectivity index is -0.0000000804. The molecule has 0 aromatic heterocycles. The standard InChI is InChI=1S/C11H24NO3.C10H21NO3.C6H10O2.C4H11NO.CH4O3S.4CH4/c1-12(2,3)8-10-15-11(14)7-5-4-6-9-13;1-11(2)7-9-14-10(13)6-4-3-5-8-12;7-6-4-2-1-3-5-8-6;1-5(2)3-4-6;1-5(2,3)4;;;;/h13H,4-10H2,1-3H3;12H,3-9H2,1-2H3;1-5H2;6H,3-4H2,1-2H3;1H3,(H,2,3,4);4*1H4/q+1;;;;;;;;. The fourth-order valence-electron chi connectivity index (χ4n) is 3.07. The number of ether oxygens (including phenoxy) is 3. The van der Waals surface area contributed by atoms with Crippen molar-refractivity contribution in [3.63, 3.8) is 0 Å². The highest BCUT2D eigenvalue weighted by atomic mass is 32.2. The molecule has 322 valence electrons.